The quantitative estimate of drug-likeness (QED) is 0.771. The minimum absolute atomic E-state index is 0.0150. The molecule has 2 aromatic carbocycles. The molecule has 0 unspecified atom stereocenters. The fourth-order valence-electron chi connectivity index (χ4n) is 3.44. The van der Waals surface area contributed by atoms with Gasteiger partial charge in [-0.25, -0.2) is 4.98 Å². The van der Waals surface area contributed by atoms with E-state index in [-0.39, 0.29) is 12.0 Å². The van der Waals surface area contributed by atoms with E-state index in [1.165, 1.54) is 11.1 Å². The number of carbonyl (C=O) groups excluding carboxylic acids is 1. The molecule has 138 valence electrons. The number of aromatic nitrogens is 2. The summed E-state index contributed by atoms with van der Waals surface area (Å²) in [6.45, 7) is 5.64. The lowest BCUT2D eigenvalue weighted by Crippen LogP contribution is -2.27. The summed E-state index contributed by atoms with van der Waals surface area (Å²) < 4.78 is 8.02. The van der Waals surface area contributed by atoms with Gasteiger partial charge in [-0.1, -0.05) is 54.1 Å². The molecule has 1 amide bonds. The van der Waals surface area contributed by atoms with Crippen molar-refractivity contribution >= 4 is 5.91 Å². The summed E-state index contributed by atoms with van der Waals surface area (Å²) in [7, 11) is 0. The number of nitrogens with one attached hydrogen (secondary N) is 1. The van der Waals surface area contributed by atoms with E-state index in [2.05, 4.69) is 54.5 Å². The van der Waals surface area contributed by atoms with Gasteiger partial charge in [-0.05, 0) is 30.5 Å². The highest BCUT2D eigenvalue weighted by Crippen LogP contribution is 2.27. The van der Waals surface area contributed by atoms with Gasteiger partial charge in [0.1, 0.15) is 6.10 Å². The van der Waals surface area contributed by atoms with Crippen LogP contribution >= 0.6 is 0 Å². The van der Waals surface area contributed by atoms with Crippen LogP contribution in [-0.2, 0) is 24.4 Å². The molecule has 5 heteroatoms. The highest BCUT2D eigenvalue weighted by molar-refractivity contribution is 5.93. The molecular formula is C22H23N3O2. The predicted octanol–water partition coefficient (Wildman–Crippen LogP) is 3.70. The Bertz CT molecular complexity index is 963. The molecule has 5 nitrogen and oxygen atoms in total. The molecule has 27 heavy (non-hydrogen) atoms. The second-order valence-corrected chi connectivity index (χ2v) is 7.02. The number of fused-ring (bicyclic) bond motifs is 1. The number of amides is 1. The zero-order chi connectivity index (χ0) is 18.8. The lowest BCUT2D eigenvalue weighted by molar-refractivity contribution is 0.00257. The van der Waals surface area contributed by atoms with Gasteiger partial charge < -0.3 is 14.6 Å². The summed E-state index contributed by atoms with van der Waals surface area (Å²) in [5, 5.41) is 2.99. The third-order valence-corrected chi connectivity index (χ3v) is 5.06. The smallest absolute Gasteiger partial charge is 0.272 e. The van der Waals surface area contributed by atoms with Crippen molar-refractivity contribution < 1.29 is 9.53 Å². The zero-order valence-corrected chi connectivity index (χ0v) is 15.6. The molecule has 1 N–H and O–H groups in total. The van der Waals surface area contributed by atoms with Crippen LogP contribution in [0.25, 0.3) is 0 Å². The van der Waals surface area contributed by atoms with E-state index in [1.807, 2.05) is 22.8 Å². The highest BCUT2D eigenvalue weighted by Gasteiger charge is 2.26. The molecule has 0 saturated heterocycles. The molecule has 4 rings (SSSR count). The molecular weight excluding hydrogens is 338 g/mol. The number of hydrogen-bond donors (Lipinski definition) is 1. The molecule has 0 fully saturated rings. The van der Waals surface area contributed by atoms with E-state index in [9.17, 15) is 4.79 Å². The maximum atomic E-state index is 12.7. The molecule has 2 heterocycles. The Morgan fingerprint density at radius 1 is 1.22 bits per heavy atom. The third kappa shape index (κ3) is 3.64. The van der Waals surface area contributed by atoms with E-state index in [4.69, 9.17) is 4.74 Å². The Kier molecular flexibility index (Phi) is 4.77. The van der Waals surface area contributed by atoms with Gasteiger partial charge in [-0.3, -0.25) is 4.79 Å². The van der Waals surface area contributed by atoms with Gasteiger partial charge >= 0.3 is 0 Å². The lowest BCUT2D eigenvalue weighted by Gasteiger charge is -2.25. The van der Waals surface area contributed by atoms with E-state index >= 15 is 0 Å². The molecule has 0 saturated carbocycles. The summed E-state index contributed by atoms with van der Waals surface area (Å²) in [4.78, 5) is 17.0. The molecule has 1 aliphatic heterocycles. The number of nitrogens with zero attached hydrogens (tertiary/aromatic N) is 2. The Balaban J connectivity index is 1.46. The SMILES string of the molecule is Cc1ccc(C)c(CNC(=O)c2ncn3c2CO[C@@H](c2ccccc2)C3)c1. The fourth-order valence-corrected chi connectivity index (χ4v) is 3.44. The number of benzene rings is 2. The molecule has 0 spiro atoms. The number of aryl methyl sites for hydroxylation is 2. The molecule has 1 aromatic heterocycles. The number of carbonyl (C=O) groups is 1. The molecule has 0 aliphatic carbocycles. The molecule has 1 aliphatic rings. The van der Waals surface area contributed by atoms with Crippen molar-refractivity contribution in [2.75, 3.05) is 0 Å². The van der Waals surface area contributed by atoms with Crippen LogP contribution in [-0.4, -0.2) is 15.5 Å². The molecule has 1 atom stereocenters. The fraction of sp³-hybridized carbons (Fsp3) is 0.273. The highest BCUT2D eigenvalue weighted by atomic mass is 16.5. The first-order valence-corrected chi connectivity index (χ1v) is 9.16. The summed E-state index contributed by atoms with van der Waals surface area (Å²) in [5.74, 6) is -0.161. The van der Waals surface area contributed by atoms with Crippen molar-refractivity contribution in [2.24, 2.45) is 0 Å². The third-order valence-electron chi connectivity index (χ3n) is 5.06. The van der Waals surface area contributed by atoms with Gasteiger partial charge in [0.2, 0.25) is 0 Å². The average molecular weight is 361 g/mol. The van der Waals surface area contributed by atoms with Crippen molar-refractivity contribution in [2.45, 2.75) is 39.6 Å². The standard InChI is InChI=1S/C22H23N3O2/c1-15-8-9-16(2)18(10-15)11-23-22(26)21-19-13-27-20(12-25(19)14-24-21)17-6-4-3-5-7-17/h3-10,14,20H,11-13H2,1-2H3,(H,23,26)/t20-/m1/s1. The Morgan fingerprint density at radius 2 is 2.04 bits per heavy atom. The number of hydrogen-bond acceptors (Lipinski definition) is 3. The van der Waals surface area contributed by atoms with E-state index in [1.54, 1.807) is 6.33 Å². The van der Waals surface area contributed by atoms with Gasteiger partial charge in [-0.15, -0.1) is 0 Å². The van der Waals surface area contributed by atoms with Crippen LogP contribution < -0.4 is 5.32 Å². The molecule has 3 aromatic rings. The minimum atomic E-state index is -0.161. The number of imidazole rings is 1. The largest absolute Gasteiger partial charge is 0.365 e. The van der Waals surface area contributed by atoms with E-state index in [0.717, 1.165) is 16.8 Å². The summed E-state index contributed by atoms with van der Waals surface area (Å²) in [6.07, 6.45) is 1.72. The van der Waals surface area contributed by atoms with Crippen LogP contribution in [0.1, 0.15) is 44.5 Å². The molecule has 0 radical (unpaired) electrons. The topological polar surface area (TPSA) is 56.2 Å². The molecule has 0 bridgehead atoms. The van der Waals surface area contributed by atoms with Gasteiger partial charge in [0.15, 0.2) is 5.69 Å². The summed E-state index contributed by atoms with van der Waals surface area (Å²) in [6, 6.07) is 16.4. The van der Waals surface area contributed by atoms with Crippen LogP contribution in [0.15, 0.2) is 54.9 Å². The van der Waals surface area contributed by atoms with Crippen molar-refractivity contribution in [1.29, 1.82) is 0 Å². The van der Waals surface area contributed by atoms with Crippen LogP contribution in [0.3, 0.4) is 0 Å². The number of rotatable bonds is 4. The van der Waals surface area contributed by atoms with Gasteiger partial charge in [0, 0.05) is 6.54 Å². The van der Waals surface area contributed by atoms with Crippen LogP contribution in [0.4, 0.5) is 0 Å². The summed E-state index contributed by atoms with van der Waals surface area (Å²) >= 11 is 0. The minimum Gasteiger partial charge on any atom is -0.365 e. The average Bonchev–Trinajstić information content (AvgIpc) is 3.12. The summed E-state index contributed by atoms with van der Waals surface area (Å²) in [5.41, 5.74) is 5.90. The van der Waals surface area contributed by atoms with Crippen molar-refractivity contribution in [3.05, 3.63) is 88.5 Å². The van der Waals surface area contributed by atoms with Crippen molar-refractivity contribution in [1.82, 2.24) is 14.9 Å². The van der Waals surface area contributed by atoms with Gasteiger partial charge in [0.25, 0.3) is 5.91 Å². The monoisotopic (exact) mass is 361 g/mol. The Labute approximate surface area is 159 Å². The first-order valence-electron chi connectivity index (χ1n) is 9.16. The Morgan fingerprint density at radius 3 is 2.85 bits per heavy atom. The maximum absolute atomic E-state index is 12.7. The lowest BCUT2D eigenvalue weighted by atomic mass is 10.1. The maximum Gasteiger partial charge on any atom is 0.272 e. The van der Waals surface area contributed by atoms with Crippen LogP contribution in [0.2, 0.25) is 0 Å². The van der Waals surface area contributed by atoms with E-state index in [0.29, 0.717) is 25.4 Å². The Hall–Kier alpha value is -2.92. The number of ether oxygens (including phenoxy) is 1. The zero-order valence-electron chi connectivity index (χ0n) is 15.6. The van der Waals surface area contributed by atoms with Crippen LogP contribution in [0.5, 0.6) is 0 Å². The van der Waals surface area contributed by atoms with Gasteiger partial charge in [-0.2, -0.15) is 0 Å². The normalized spacial score (nSPS) is 16.0. The van der Waals surface area contributed by atoms with Gasteiger partial charge in [0.05, 0.1) is 25.2 Å². The second kappa shape index (κ2) is 7.37. The first kappa shape index (κ1) is 17.5. The van der Waals surface area contributed by atoms with Crippen molar-refractivity contribution in [3.63, 3.8) is 0 Å². The van der Waals surface area contributed by atoms with Crippen molar-refractivity contribution in [3.8, 4) is 0 Å². The van der Waals surface area contributed by atoms with E-state index < -0.39 is 0 Å². The predicted molar refractivity (Wildman–Crippen MR) is 103 cm³/mol. The second-order valence-electron chi connectivity index (χ2n) is 7.02. The first-order chi connectivity index (χ1) is 13.1. The van der Waals surface area contributed by atoms with Crippen LogP contribution in [0, 0.1) is 13.8 Å².